The van der Waals surface area contributed by atoms with Crippen molar-refractivity contribution in [2.24, 2.45) is 0 Å². The second-order valence-corrected chi connectivity index (χ2v) is 12.6. The van der Waals surface area contributed by atoms with Crippen LogP contribution in [0.3, 0.4) is 0 Å². The summed E-state index contributed by atoms with van der Waals surface area (Å²) in [6, 6.07) is 39.1. The molecule has 0 amide bonds. The number of aliphatic hydroxyl groups is 2. The maximum atomic E-state index is 11.6. The van der Waals surface area contributed by atoms with Crippen LogP contribution in [-0.2, 0) is 59.6 Å². The summed E-state index contributed by atoms with van der Waals surface area (Å²) < 4.78 is 45.0. The average molecular weight is 671 g/mol. The van der Waals surface area contributed by atoms with Crippen LogP contribution >= 0.6 is 0 Å². The molecule has 49 heavy (non-hydrogen) atoms. The molecule has 2 heterocycles. The number of rotatable bonds is 14. The van der Waals surface area contributed by atoms with Gasteiger partial charge in [-0.25, -0.2) is 0 Å². The highest BCUT2D eigenvalue weighted by Gasteiger charge is 2.52. The molecule has 0 aromatic heterocycles. The van der Waals surface area contributed by atoms with E-state index in [1.54, 1.807) is 6.92 Å². The monoisotopic (exact) mass is 670 g/mol. The van der Waals surface area contributed by atoms with Gasteiger partial charge in [0, 0.05) is 0 Å². The van der Waals surface area contributed by atoms with E-state index in [1.807, 2.05) is 128 Å². The molecule has 2 aliphatic heterocycles. The topological polar surface area (TPSA) is 105 Å². The van der Waals surface area contributed by atoms with E-state index < -0.39 is 61.4 Å². The van der Waals surface area contributed by atoms with E-state index in [0.717, 1.165) is 22.3 Å². The normalized spacial score (nSPS) is 30.2. The second-order valence-electron chi connectivity index (χ2n) is 12.6. The molecule has 0 aliphatic carbocycles. The third kappa shape index (κ3) is 9.40. The van der Waals surface area contributed by atoms with E-state index in [2.05, 4.69) is 0 Å². The summed E-state index contributed by atoms with van der Waals surface area (Å²) in [7, 11) is 0. The SMILES string of the molecule is C[C@H]1O[C@@H](O[C@@H]2[C@@H](OCc3ccccc3)[C@H](OCc3ccccc3)O[C@H](C)[C@H]2OCc2ccccc2)[C@H](O)[C@@H](OCc2ccccc2)[C@@H]1O. The third-order valence-corrected chi connectivity index (χ3v) is 8.91. The Labute approximate surface area is 288 Å². The van der Waals surface area contributed by atoms with Crippen molar-refractivity contribution in [1.82, 2.24) is 0 Å². The molecule has 2 saturated heterocycles. The van der Waals surface area contributed by atoms with Crippen molar-refractivity contribution >= 4 is 0 Å². The van der Waals surface area contributed by atoms with Crippen LogP contribution in [0.25, 0.3) is 0 Å². The lowest BCUT2D eigenvalue weighted by Gasteiger charge is -2.48. The molecule has 260 valence electrons. The Morgan fingerprint density at radius 3 is 1.29 bits per heavy atom. The van der Waals surface area contributed by atoms with Gasteiger partial charge in [0.05, 0.1) is 38.6 Å². The summed E-state index contributed by atoms with van der Waals surface area (Å²) in [5.74, 6) is 0. The first-order valence-corrected chi connectivity index (χ1v) is 16.9. The molecule has 9 heteroatoms. The maximum absolute atomic E-state index is 11.6. The molecular weight excluding hydrogens is 624 g/mol. The lowest BCUT2D eigenvalue weighted by atomic mass is 9.96. The molecule has 6 rings (SSSR count). The Kier molecular flexibility index (Phi) is 12.6. The van der Waals surface area contributed by atoms with E-state index in [0.29, 0.717) is 6.61 Å². The van der Waals surface area contributed by atoms with Crippen LogP contribution in [0, 0.1) is 0 Å². The molecule has 2 N–H and O–H groups in total. The first-order chi connectivity index (χ1) is 24.0. The summed E-state index contributed by atoms with van der Waals surface area (Å²) >= 11 is 0. The molecule has 10 atom stereocenters. The fraction of sp³-hybridized carbons (Fsp3) is 0.400. The van der Waals surface area contributed by atoms with Crippen molar-refractivity contribution in [1.29, 1.82) is 0 Å². The third-order valence-electron chi connectivity index (χ3n) is 8.91. The van der Waals surface area contributed by atoms with Crippen LogP contribution < -0.4 is 0 Å². The number of ether oxygens (including phenoxy) is 7. The van der Waals surface area contributed by atoms with E-state index in [-0.39, 0.29) is 19.8 Å². The van der Waals surface area contributed by atoms with E-state index >= 15 is 0 Å². The highest BCUT2D eigenvalue weighted by molar-refractivity contribution is 5.16. The fourth-order valence-corrected chi connectivity index (χ4v) is 6.18. The highest BCUT2D eigenvalue weighted by Crippen LogP contribution is 2.34. The highest BCUT2D eigenvalue weighted by atomic mass is 16.7. The van der Waals surface area contributed by atoms with Crippen LogP contribution in [0.5, 0.6) is 0 Å². The lowest BCUT2D eigenvalue weighted by molar-refractivity contribution is -0.367. The summed E-state index contributed by atoms with van der Waals surface area (Å²) in [5, 5.41) is 22.7. The standard InChI is InChI=1S/C40H46O9/c1-27-33(41)36(44-24-30-17-9-4-10-18-30)34(42)39(47-27)49-37-35(43-23-29-15-7-3-8-16-29)28(2)48-40(46-26-32-21-13-6-14-22-32)38(37)45-25-31-19-11-5-12-20-31/h3-22,27-28,33-42H,23-26H2,1-2H3/t27-,28-,33-,34-,35-,36+,37+,38-,39+,40-/m1/s1. The van der Waals surface area contributed by atoms with Crippen LogP contribution in [0.1, 0.15) is 36.1 Å². The summed E-state index contributed by atoms with van der Waals surface area (Å²) in [4.78, 5) is 0. The van der Waals surface area contributed by atoms with Crippen molar-refractivity contribution in [3.8, 4) is 0 Å². The fourth-order valence-electron chi connectivity index (χ4n) is 6.18. The molecule has 4 aromatic rings. The Morgan fingerprint density at radius 2 is 0.816 bits per heavy atom. The quantitative estimate of drug-likeness (QED) is 0.179. The van der Waals surface area contributed by atoms with Crippen molar-refractivity contribution < 1.29 is 43.4 Å². The van der Waals surface area contributed by atoms with Gasteiger partial charge in [0.2, 0.25) is 0 Å². The van der Waals surface area contributed by atoms with E-state index in [9.17, 15) is 10.2 Å². The predicted octanol–water partition coefficient (Wildman–Crippen LogP) is 5.56. The maximum Gasteiger partial charge on any atom is 0.187 e. The van der Waals surface area contributed by atoms with Gasteiger partial charge in [-0.05, 0) is 36.1 Å². The number of hydrogen-bond acceptors (Lipinski definition) is 9. The van der Waals surface area contributed by atoms with Gasteiger partial charge < -0.3 is 43.4 Å². The molecule has 0 bridgehead atoms. The predicted molar refractivity (Wildman–Crippen MR) is 182 cm³/mol. The van der Waals surface area contributed by atoms with Gasteiger partial charge in [0.25, 0.3) is 0 Å². The van der Waals surface area contributed by atoms with Gasteiger partial charge in [-0.2, -0.15) is 0 Å². The summed E-state index contributed by atoms with van der Waals surface area (Å²) in [6.45, 7) is 4.69. The molecule has 9 nitrogen and oxygen atoms in total. The zero-order valence-corrected chi connectivity index (χ0v) is 27.9. The van der Waals surface area contributed by atoms with Crippen LogP contribution in [0.4, 0.5) is 0 Å². The molecule has 0 spiro atoms. The number of benzene rings is 4. The summed E-state index contributed by atoms with van der Waals surface area (Å²) in [5.41, 5.74) is 3.84. The number of aliphatic hydroxyl groups excluding tert-OH is 2. The van der Waals surface area contributed by atoms with Crippen LogP contribution in [0.2, 0.25) is 0 Å². The molecule has 2 fully saturated rings. The Bertz CT molecular complexity index is 1510. The van der Waals surface area contributed by atoms with Gasteiger partial charge in [-0.1, -0.05) is 121 Å². The minimum Gasteiger partial charge on any atom is -0.388 e. The van der Waals surface area contributed by atoms with Crippen molar-refractivity contribution in [3.05, 3.63) is 144 Å². The molecule has 0 radical (unpaired) electrons. The van der Waals surface area contributed by atoms with Gasteiger partial charge in [-0.3, -0.25) is 0 Å². The molecule has 0 unspecified atom stereocenters. The second kappa shape index (κ2) is 17.4. The lowest BCUT2D eigenvalue weighted by Crippen LogP contribution is -2.64. The Hall–Kier alpha value is -3.48. The minimum atomic E-state index is -1.32. The largest absolute Gasteiger partial charge is 0.388 e. The van der Waals surface area contributed by atoms with Gasteiger partial charge in [-0.15, -0.1) is 0 Å². The first kappa shape index (κ1) is 35.3. The molecule has 0 saturated carbocycles. The Morgan fingerprint density at radius 1 is 0.429 bits per heavy atom. The van der Waals surface area contributed by atoms with E-state index in [1.165, 1.54) is 0 Å². The van der Waals surface area contributed by atoms with Crippen molar-refractivity contribution in [2.45, 2.75) is 102 Å². The van der Waals surface area contributed by atoms with Gasteiger partial charge in [0.1, 0.15) is 36.6 Å². The Balaban J connectivity index is 1.27. The smallest absolute Gasteiger partial charge is 0.187 e. The van der Waals surface area contributed by atoms with Crippen molar-refractivity contribution in [3.63, 3.8) is 0 Å². The van der Waals surface area contributed by atoms with Gasteiger partial charge >= 0.3 is 0 Å². The van der Waals surface area contributed by atoms with Crippen molar-refractivity contribution in [2.75, 3.05) is 0 Å². The minimum absolute atomic E-state index is 0.203. The van der Waals surface area contributed by atoms with Gasteiger partial charge in [0.15, 0.2) is 12.6 Å². The zero-order chi connectivity index (χ0) is 34.0. The van der Waals surface area contributed by atoms with Crippen LogP contribution in [-0.4, -0.2) is 71.6 Å². The summed E-state index contributed by atoms with van der Waals surface area (Å²) in [6.07, 6.45) is -8.79. The van der Waals surface area contributed by atoms with E-state index in [4.69, 9.17) is 33.2 Å². The molecule has 2 aliphatic rings. The van der Waals surface area contributed by atoms with Crippen LogP contribution in [0.15, 0.2) is 121 Å². The zero-order valence-electron chi connectivity index (χ0n) is 27.9. The number of hydrogen-bond donors (Lipinski definition) is 2. The molecular formula is C40H46O9. The first-order valence-electron chi connectivity index (χ1n) is 16.9. The average Bonchev–Trinajstić information content (AvgIpc) is 3.14. The molecule has 4 aromatic carbocycles.